The predicted molar refractivity (Wildman–Crippen MR) is 75.5 cm³/mol. The first-order chi connectivity index (χ1) is 8.41. The fraction of sp³-hybridized carbons (Fsp3) is 0.667. The van der Waals surface area contributed by atoms with Gasteiger partial charge in [-0.05, 0) is 42.8 Å². The smallest absolute Gasteiger partial charge is 0.151 e. The van der Waals surface area contributed by atoms with Gasteiger partial charge in [-0.2, -0.15) is 11.3 Å². The minimum atomic E-state index is -2.85. The van der Waals surface area contributed by atoms with E-state index in [1.54, 1.807) is 11.3 Å². The zero-order valence-corrected chi connectivity index (χ0v) is 12.4. The topological polar surface area (TPSA) is 63.4 Å². The molecule has 3 unspecified atom stereocenters. The molecule has 1 fully saturated rings. The summed E-state index contributed by atoms with van der Waals surface area (Å²) in [6, 6.07) is 2.23. The number of rotatable bonds is 4. The fourth-order valence-corrected chi connectivity index (χ4v) is 5.15. The molecule has 1 aromatic rings. The van der Waals surface area contributed by atoms with Crippen molar-refractivity contribution in [2.24, 2.45) is 5.73 Å². The number of nitrogens with two attached hydrogens (primary N) is 1. The highest BCUT2D eigenvalue weighted by Crippen LogP contribution is 2.29. The van der Waals surface area contributed by atoms with Crippen molar-refractivity contribution in [3.8, 4) is 0 Å². The van der Waals surface area contributed by atoms with Crippen LogP contribution in [0.3, 0.4) is 0 Å². The van der Waals surface area contributed by atoms with Gasteiger partial charge in [0.05, 0.1) is 17.5 Å². The van der Waals surface area contributed by atoms with Crippen molar-refractivity contribution in [1.82, 2.24) is 4.90 Å². The van der Waals surface area contributed by atoms with Gasteiger partial charge in [0.25, 0.3) is 0 Å². The van der Waals surface area contributed by atoms with Gasteiger partial charge in [-0.25, -0.2) is 8.42 Å². The zero-order chi connectivity index (χ0) is 13.3. The standard InChI is InChI=1S/C12H20N2O2S2/c1-9(13)12(10-3-5-17-7-10)14(2)11-4-6-18(15,16)8-11/h3,5,7,9,11-12H,4,6,8,13H2,1-2H3. The van der Waals surface area contributed by atoms with Crippen LogP contribution in [-0.2, 0) is 9.84 Å². The molecule has 0 aromatic carbocycles. The second-order valence-electron chi connectivity index (χ2n) is 5.08. The minimum absolute atomic E-state index is 0.0205. The monoisotopic (exact) mass is 288 g/mol. The van der Waals surface area contributed by atoms with E-state index in [1.807, 2.05) is 19.4 Å². The van der Waals surface area contributed by atoms with Crippen LogP contribution >= 0.6 is 11.3 Å². The summed E-state index contributed by atoms with van der Waals surface area (Å²) in [5, 5.41) is 4.12. The number of thiophene rings is 1. The van der Waals surface area contributed by atoms with Gasteiger partial charge in [-0.3, -0.25) is 4.90 Å². The first-order valence-electron chi connectivity index (χ1n) is 6.11. The van der Waals surface area contributed by atoms with Crippen molar-refractivity contribution in [1.29, 1.82) is 0 Å². The molecule has 0 radical (unpaired) electrons. The van der Waals surface area contributed by atoms with Crippen molar-refractivity contribution in [2.75, 3.05) is 18.6 Å². The van der Waals surface area contributed by atoms with E-state index in [2.05, 4.69) is 16.3 Å². The lowest BCUT2D eigenvalue weighted by Crippen LogP contribution is -2.43. The maximum absolute atomic E-state index is 11.6. The molecular formula is C12H20N2O2S2. The van der Waals surface area contributed by atoms with Crippen LogP contribution < -0.4 is 5.73 Å². The Kier molecular flexibility index (Phi) is 4.11. The number of likely N-dealkylation sites (N-methyl/N-ethyl adjacent to an activating group) is 1. The second-order valence-corrected chi connectivity index (χ2v) is 8.09. The molecule has 1 saturated heterocycles. The van der Waals surface area contributed by atoms with Crippen LogP contribution in [0.5, 0.6) is 0 Å². The van der Waals surface area contributed by atoms with Crippen LogP contribution in [0, 0.1) is 0 Å². The van der Waals surface area contributed by atoms with E-state index in [-0.39, 0.29) is 23.9 Å². The summed E-state index contributed by atoms with van der Waals surface area (Å²) in [5.41, 5.74) is 7.26. The van der Waals surface area contributed by atoms with Gasteiger partial charge < -0.3 is 5.73 Å². The molecule has 0 aliphatic carbocycles. The number of nitrogens with zero attached hydrogens (tertiary/aromatic N) is 1. The van der Waals surface area contributed by atoms with Crippen LogP contribution in [0.15, 0.2) is 16.8 Å². The minimum Gasteiger partial charge on any atom is -0.326 e. The summed E-state index contributed by atoms with van der Waals surface area (Å²) in [5.74, 6) is 0.564. The van der Waals surface area contributed by atoms with Gasteiger partial charge >= 0.3 is 0 Å². The highest BCUT2D eigenvalue weighted by atomic mass is 32.2. The van der Waals surface area contributed by atoms with Crippen LogP contribution in [-0.4, -0.2) is 44.0 Å². The number of hydrogen-bond acceptors (Lipinski definition) is 5. The Bertz CT molecular complexity index is 482. The highest BCUT2D eigenvalue weighted by Gasteiger charge is 2.35. The molecule has 0 amide bonds. The molecular weight excluding hydrogens is 268 g/mol. The van der Waals surface area contributed by atoms with E-state index in [1.165, 1.54) is 5.56 Å². The number of hydrogen-bond donors (Lipinski definition) is 1. The first kappa shape index (κ1) is 14.0. The van der Waals surface area contributed by atoms with E-state index >= 15 is 0 Å². The predicted octanol–water partition coefficient (Wildman–Crippen LogP) is 1.26. The summed E-state index contributed by atoms with van der Waals surface area (Å²) >= 11 is 1.64. The van der Waals surface area contributed by atoms with Crippen molar-refractivity contribution < 1.29 is 8.42 Å². The molecule has 3 atom stereocenters. The summed E-state index contributed by atoms with van der Waals surface area (Å²) in [6.45, 7) is 1.97. The Morgan fingerprint density at radius 2 is 2.28 bits per heavy atom. The molecule has 102 valence electrons. The fourth-order valence-electron chi connectivity index (χ4n) is 2.68. The van der Waals surface area contributed by atoms with Gasteiger partial charge in [0, 0.05) is 12.1 Å². The van der Waals surface area contributed by atoms with Crippen LogP contribution in [0.4, 0.5) is 0 Å². The SMILES string of the molecule is CC(N)C(c1ccsc1)N(C)C1CCS(=O)(=O)C1. The van der Waals surface area contributed by atoms with Crippen LogP contribution in [0.2, 0.25) is 0 Å². The third kappa shape index (κ3) is 2.93. The van der Waals surface area contributed by atoms with Crippen LogP contribution in [0.25, 0.3) is 0 Å². The molecule has 6 heteroatoms. The van der Waals surface area contributed by atoms with Crippen molar-refractivity contribution >= 4 is 21.2 Å². The second kappa shape index (κ2) is 5.28. The van der Waals surface area contributed by atoms with Crippen molar-refractivity contribution in [3.05, 3.63) is 22.4 Å². The van der Waals surface area contributed by atoms with Crippen LogP contribution in [0.1, 0.15) is 24.9 Å². The Morgan fingerprint density at radius 1 is 1.56 bits per heavy atom. The van der Waals surface area contributed by atoms with E-state index in [0.29, 0.717) is 12.2 Å². The molecule has 0 spiro atoms. The largest absolute Gasteiger partial charge is 0.326 e. The lowest BCUT2D eigenvalue weighted by molar-refractivity contribution is 0.168. The molecule has 1 aromatic heterocycles. The lowest BCUT2D eigenvalue weighted by atomic mass is 10.0. The molecule has 18 heavy (non-hydrogen) atoms. The molecule has 2 rings (SSSR count). The summed E-state index contributed by atoms with van der Waals surface area (Å²) in [7, 11) is -0.865. The van der Waals surface area contributed by atoms with E-state index < -0.39 is 9.84 Å². The average molecular weight is 288 g/mol. The maximum Gasteiger partial charge on any atom is 0.151 e. The Morgan fingerprint density at radius 3 is 2.72 bits per heavy atom. The normalized spacial score (nSPS) is 26.3. The Labute approximate surface area is 113 Å². The molecule has 0 saturated carbocycles. The number of sulfone groups is 1. The molecule has 1 aliphatic rings. The summed E-state index contributed by atoms with van der Waals surface area (Å²) < 4.78 is 23.1. The van der Waals surface area contributed by atoms with E-state index in [9.17, 15) is 8.42 Å². The third-order valence-corrected chi connectivity index (χ3v) is 6.06. The zero-order valence-electron chi connectivity index (χ0n) is 10.7. The van der Waals surface area contributed by atoms with Gasteiger partial charge in [0.1, 0.15) is 0 Å². The molecule has 1 aliphatic heterocycles. The summed E-state index contributed by atoms with van der Waals surface area (Å²) in [6.07, 6.45) is 0.714. The van der Waals surface area contributed by atoms with E-state index in [0.717, 1.165) is 0 Å². The van der Waals surface area contributed by atoms with E-state index in [4.69, 9.17) is 5.73 Å². The molecule has 0 bridgehead atoms. The molecule has 2 N–H and O–H groups in total. The Balaban J connectivity index is 2.17. The Hall–Kier alpha value is -0.430. The average Bonchev–Trinajstić information content (AvgIpc) is 2.87. The van der Waals surface area contributed by atoms with Crippen molar-refractivity contribution in [3.63, 3.8) is 0 Å². The molecule has 2 heterocycles. The van der Waals surface area contributed by atoms with Gasteiger partial charge in [0.2, 0.25) is 0 Å². The van der Waals surface area contributed by atoms with Gasteiger partial charge in [-0.1, -0.05) is 0 Å². The quantitative estimate of drug-likeness (QED) is 0.906. The first-order valence-corrected chi connectivity index (χ1v) is 8.87. The maximum atomic E-state index is 11.6. The lowest BCUT2D eigenvalue weighted by Gasteiger charge is -2.34. The third-order valence-electron chi connectivity index (χ3n) is 3.61. The summed E-state index contributed by atoms with van der Waals surface area (Å²) in [4.78, 5) is 2.14. The van der Waals surface area contributed by atoms with Crippen molar-refractivity contribution in [2.45, 2.75) is 31.5 Å². The molecule has 4 nitrogen and oxygen atoms in total. The highest BCUT2D eigenvalue weighted by molar-refractivity contribution is 7.91. The van der Waals surface area contributed by atoms with Gasteiger partial charge in [-0.15, -0.1) is 0 Å². The van der Waals surface area contributed by atoms with Gasteiger partial charge in [0.15, 0.2) is 9.84 Å².